The van der Waals surface area contributed by atoms with Crippen molar-refractivity contribution in [1.82, 2.24) is 10.3 Å². The highest BCUT2D eigenvalue weighted by Crippen LogP contribution is 2.48. The summed E-state index contributed by atoms with van der Waals surface area (Å²) < 4.78 is 0. The zero-order valence-electron chi connectivity index (χ0n) is 10.5. The van der Waals surface area contributed by atoms with Gasteiger partial charge in [-0.15, -0.1) is 0 Å². The van der Waals surface area contributed by atoms with E-state index in [4.69, 9.17) is 17.3 Å². The average molecular weight is 268 g/mol. The van der Waals surface area contributed by atoms with Crippen molar-refractivity contribution < 1.29 is 4.79 Å². The maximum absolute atomic E-state index is 12.0. The molecule has 5 heteroatoms. The summed E-state index contributed by atoms with van der Waals surface area (Å²) in [6, 6.07) is 3.18. The van der Waals surface area contributed by atoms with Crippen LogP contribution < -0.4 is 11.1 Å². The highest BCUT2D eigenvalue weighted by molar-refractivity contribution is 6.33. The second-order valence-corrected chi connectivity index (χ2v) is 5.41. The molecule has 0 atom stereocenters. The molecule has 0 bridgehead atoms. The van der Waals surface area contributed by atoms with Crippen molar-refractivity contribution in [2.24, 2.45) is 5.41 Å². The summed E-state index contributed by atoms with van der Waals surface area (Å²) in [4.78, 5) is 16.0. The molecule has 0 spiro atoms. The van der Waals surface area contributed by atoms with Gasteiger partial charge in [0.1, 0.15) is 11.5 Å². The molecule has 0 unspecified atom stereocenters. The number of anilines is 1. The molecular formula is C13H18ClN3O. The minimum atomic E-state index is -0.241. The molecule has 98 valence electrons. The molecule has 1 aliphatic rings. The number of carbonyl (C=O) groups excluding carboxylic acids is 1. The molecule has 18 heavy (non-hydrogen) atoms. The summed E-state index contributed by atoms with van der Waals surface area (Å²) in [6.07, 6.45) is 4.69. The van der Waals surface area contributed by atoms with Crippen molar-refractivity contribution in [3.05, 3.63) is 22.8 Å². The third-order valence-electron chi connectivity index (χ3n) is 3.44. The second kappa shape index (κ2) is 5.14. The van der Waals surface area contributed by atoms with Crippen LogP contribution in [0.4, 0.5) is 5.82 Å². The van der Waals surface area contributed by atoms with Gasteiger partial charge < -0.3 is 11.1 Å². The third-order valence-corrected chi connectivity index (χ3v) is 3.75. The fourth-order valence-corrected chi connectivity index (χ4v) is 2.38. The largest absolute Gasteiger partial charge is 0.384 e. The zero-order valence-corrected chi connectivity index (χ0v) is 11.3. The van der Waals surface area contributed by atoms with Gasteiger partial charge in [0, 0.05) is 6.54 Å². The van der Waals surface area contributed by atoms with Gasteiger partial charge in [0.05, 0.1) is 5.02 Å². The van der Waals surface area contributed by atoms with E-state index in [1.807, 2.05) is 0 Å². The predicted molar refractivity (Wildman–Crippen MR) is 72.6 cm³/mol. The highest BCUT2D eigenvalue weighted by atomic mass is 35.5. The first-order chi connectivity index (χ1) is 8.56. The molecule has 1 fully saturated rings. The van der Waals surface area contributed by atoms with Crippen LogP contribution in [0.1, 0.15) is 43.1 Å². The van der Waals surface area contributed by atoms with Crippen LogP contribution in [0.15, 0.2) is 12.1 Å². The van der Waals surface area contributed by atoms with E-state index >= 15 is 0 Å². The summed E-state index contributed by atoms with van der Waals surface area (Å²) in [7, 11) is 0. The lowest BCUT2D eigenvalue weighted by atomic mass is 10.0. The van der Waals surface area contributed by atoms with Crippen molar-refractivity contribution in [2.75, 3.05) is 12.3 Å². The quantitative estimate of drug-likeness (QED) is 0.862. The van der Waals surface area contributed by atoms with Gasteiger partial charge in [0.15, 0.2) is 0 Å². The number of hydrogen-bond acceptors (Lipinski definition) is 3. The van der Waals surface area contributed by atoms with Crippen LogP contribution in [0.25, 0.3) is 0 Å². The number of nitrogen functional groups attached to an aromatic ring is 1. The molecular weight excluding hydrogens is 250 g/mol. The number of halogens is 1. The number of rotatable bonds is 5. The number of nitrogens with zero attached hydrogens (tertiary/aromatic N) is 1. The lowest BCUT2D eigenvalue weighted by Gasteiger charge is -2.15. The monoisotopic (exact) mass is 267 g/mol. The van der Waals surface area contributed by atoms with E-state index in [0.29, 0.717) is 22.8 Å². The number of hydrogen-bond donors (Lipinski definition) is 2. The average Bonchev–Trinajstić information content (AvgIpc) is 3.10. The predicted octanol–water partition coefficient (Wildman–Crippen LogP) is 2.63. The molecule has 0 aromatic carbocycles. The normalized spacial score (nSPS) is 16.3. The van der Waals surface area contributed by atoms with Crippen LogP contribution in [0.3, 0.4) is 0 Å². The molecule has 1 aliphatic carbocycles. The molecule has 1 saturated carbocycles. The topological polar surface area (TPSA) is 68.0 Å². The smallest absolute Gasteiger partial charge is 0.271 e. The molecule has 1 amide bonds. The van der Waals surface area contributed by atoms with E-state index in [2.05, 4.69) is 17.2 Å². The third kappa shape index (κ3) is 2.93. The Bertz CT molecular complexity index is 458. The molecule has 0 saturated heterocycles. The Morgan fingerprint density at radius 2 is 2.28 bits per heavy atom. The van der Waals surface area contributed by atoms with Gasteiger partial charge >= 0.3 is 0 Å². The Morgan fingerprint density at radius 1 is 1.56 bits per heavy atom. The Kier molecular flexibility index (Phi) is 3.76. The van der Waals surface area contributed by atoms with E-state index in [1.165, 1.54) is 12.8 Å². The molecule has 3 N–H and O–H groups in total. The number of amides is 1. The van der Waals surface area contributed by atoms with Crippen molar-refractivity contribution >= 4 is 23.3 Å². The standard InChI is InChI=1S/C13H18ClN3O/c1-2-5-13(6-7-13)8-16-12(18)11-9(14)3-4-10(15)17-11/h3-4H,2,5-8H2,1H3,(H2,15,17)(H,16,18). The molecule has 0 aliphatic heterocycles. The van der Waals surface area contributed by atoms with Gasteiger partial charge in [-0.25, -0.2) is 4.98 Å². The van der Waals surface area contributed by atoms with Crippen LogP contribution in [0, 0.1) is 5.41 Å². The van der Waals surface area contributed by atoms with E-state index < -0.39 is 0 Å². The Labute approximate surface area is 112 Å². The van der Waals surface area contributed by atoms with Gasteiger partial charge in [-0.3, -0.25) is 4.79 Å². The fraction of sp³-hybridized carbons (Fsp3) is 0.538. The van der Waals surface area contributed by atoms with E-state index in [9.17, 15) is 4.79 Å². The fourth-order valence-electron chi connectivity index (χ4n) is 2.19. The van der Waals surface area contributed by atoms with Gasteiger partial charge in [-0.05, 0) is 36.8 Å². The summed E-state index contributed by atoms with van der Waals surface area (Å²) >= 11 is 5.94. The van der Waals surface area contributed by atoms with E-state index in [0.717, 1.165) is 12.8 Å². The zero-order chi connectivity index (χ0) is 13.2. The van der Waals surface area contributed by atoms with Gasteiger partial charge in [0.2, 0.25) is 0 Å². The SMILES string of the molecule is CCCC1(CNC(=O)c2nc(N)ccc2Cl)CC1. The Morgan fingerprint density at radius 3 is 2.89 bits per heavy atom. The lowest BCUT2D eigenvalue weighted by Crippen LogP contribution is -2.31. The first-order valence-electron chi connectivity index (χ1n) is 6.26. The number of nitrogens with two attached hydrogens (primary N) is 1. The molecule has 1 heterocycles. The maximum Gasteiger partial charge on any atom is 0.271 e. The molecule has 0 radical (unpaired) electrons. The summed E-state index contributed by atoms with van der Waals surface area (Å²) in [5, 5.41) is 3.25. The van der Waals surface area contributed by atoms with Crippen LogP contribution in [0.5, 0.6) is 0 Å². The number of aromatic nitrogens is 1. The van der Waals surface area contributed by atoms with Gasteiger partial charge in [0.25, 0.3) is 5.91 Å². The Balaban J connectivity index is 1.98. The highest BCUT2D eigenvalue weighted by Gasteiger charge is 2.41. The molecule has 4 nitrogen and oxygen atoms in total. The summed E-state index contributed by atoms with van der Waals surface area (Å²) in [5.41, 5.74) is 6.09. The summed E-state index contributed by atoms with van der Waals surface area (Å²) in [5.74, 6) is 0.0638. The number of pyridine rings is 1. The number of carbonyl (C=O) groups is 1. The Hall–Kier alpha value is -1.29. The van der Waals surface area contributed by atoms with Crippen LogP contribution >= 0.6 is 11.6 Å². The van der Waals surface area contributed by atoms with Crippen molar-refractivity contribution in [2.45, 2.75) is 32.6 Å². The van der Waals surface area contributed by atoms with Gasteiger partial charge in [-0.2, -0.15) is 0 Å². The molecule has 1 aromatic rings. The summed E-state index contributed by atoms with van der Waals surface area (Å²) in [6.45, 7) is 2.87. The molecule has 2 rings (SSSR count). The minimum Gasteiger partial charge on any atom is -0.384 e. The van der Waals surface area contributed by atoms with Crippen molar-refractivity contribution in [3.63, 3.8) is 0 Å². The van der Waals surface area contributed by atoms with Crippen LogP contribution in [-0.2, 0) is 0 Å². The van der Waals surface area contributed by atoms with Crippen LogP contribution in [0.2, 0.25) is 5.02 Å². The maximum atomic E-state index is 12.0. The van der Waals surface area contributed by atoms with Crippen molar-refractivity contribution in [1.29, 1.82) is 0 Å². The molecule has 1 aromatic heterocycles. The lowest BCUT2D eigenvalue weighted by molar-refractivity contribution is 0.0939. The first-order valence-corrected chi connectivity index (χ1v) is 6.64. The second-order valence-electron chi connectivity index (χ2n) is 5.00. The van der Waals surface area contributed by atoms with Crippen molar-refractivity contribution in [3.8, 4) is 0 Å². The minimum absolute atomic E-state index is 0.212. The van der Waals surface area contributed by atoms with Crippen LogP contribution in [-0.4, -0.2) is 17.4 Å². The van der Waals surface area contributed by atoms with E-state index in [-0.39, 0.29) is 11.6 Å². The van der Waals surface area contributed by atoms with E-state index in [1.54, 1.807) is 12.1 Å². The first kappa shape index (κ1) is 13.1. The van der Waals surface area contributed by atoms with Gasteiger partial charge in [-0.1, -0.05) is 24.9 Å². The number of nitrogens with one attached hydrogen (secondary N) is 1.